The highest BCUT2D eigenvalue weighted by Crippen LogP contribution is 2.36. The fourth-order valence-corrected chi connectivity index (χ4v) is 4.47. The molecule has 0 fully saturated rings. The zero-order valence-corrected chi connectivity index (χ0v) is 20.5. The molecule has 2 unspecified atom stereocenters. The standard InChI is InChI=1S/C26H50N2O4/c1-2-3-4-5-6-7-8-9-10-11-12-13-14-15-16-17-19-26(20-22-30,25(28)32)23(18-21-29)24(27)31/h17,19,23,29-30H,2-16,18,20-22H2,1H3,(H2,27,31)(H2,28,32). The highest BCUT2D eigenvalue weighted by molar-refractivity contribution is 5.90. The van der Waals surface area contributed by atoms with Crippen LogP contribution in [0.1, 0.15) is 116 Å². The number of amides is 2. The summed E-state index contributed by atoms with van der Waals surface area (Å²) in [6, 6.07) is 0. The molecule has 0 aliphatic carbocycles. The molecule has 32 heavy (non-hydrogen) atoms. The van der Waals surface area contributed by atoms with Gasteiger partial charge in [-0.3, -0.25) is 9.59 Å². The minimum absolute atomic E-state index is 0.0190. The van der Waals surface area contributed by atoms with Crippen molar-refractivity contribution in [3.63, 3.8) is 0 Å². The first-order valence-electron chi connectivity index (χ1n) is 12.9. The van der Waals surface area contributed by atoms with E-state index in [0.717, 1.165) is 19.3 Å². The maximum Gasteiger partial charge on any atom is 0.228 e. The lowest BCUT2D eigenvalue weighted by Gasteiger charge is -2.33. The van der Waals surface area contributed by atoms with Crippen molar-refractivity contribution in [3.8, 4) is 0 Å². The van der Waals surface area contributed by atoms with Crippen LogP contribution in [-0.2, 0) is 9.59 Å². The van der Waals surface area contributed by atoms with Gasteiger partial charge in [0.1, 0.15) is 0 Å². The summed E-state index contributed by atoms with van der Waals surface area (Å²) < 4.78 is 0. The van der Waals surface area contributed by atoms with Gasteiger partial charge in [-0.05, 0) is 25.7 Å². The quantitative estimate of drug-likeness (QED) is 0.131. The maximum absolute atomic E-state index is 12.2. The number of hydrogen-bond acceptors (Lipinski definition) is 4. The molecule has 0 radical (unpaired) electrons. The third-order valence-electron chi connectivity index (χ3n) is 6.51. The second kappa shape index (κ2) is 20.2. The molecule has 0 rings (SSSR count). The van der Waals surface area contributed by atoms with Crippen LogP contribution < -0.4 is 11.5 Å². The van der Waals surface area contributed by atoms with Crippen molar-refractivity contribution in [3.05, 3.63) is 12.2 Å². The van der Waals surface area contributed by atoms with Gasteiger partial charge < -0.3 is 21.7 Å². The van der Waals surface area contributed by atoms with E-state index in [0.29, 0.717) is 0 Å². The third-order valence-corrected chi connectivity index (χ3v) is 6.51. The van der Waals surface area contributed by atoms with Crippen LogP contribution in [-0.4, -0.2) is 35.2 Å². The first kappa shape index (κ1) is 30.6. The van der Waals surface area contributed by atoms with E-state index in [4.69, 9.17) is 11.5 Å². The predicted octanol–water partition coefficient (Wildman–Crippen LogP) is 4.75. The normalized spacial score (nSPS) is 14.5. The van der Waals surface area contributed by atoms with E-state index in [-0.39, 0.29) is 26.1 Å². The first-order valence-corrected chi connectivity index (χ1v) is 12.9. The van der Waals surface area contributed by atoms with Crippen molar-refractivity contribution in [2.75, 3.05) is 13.2 Å². The predicted molar refractivity (Wildman–Crippen MR) is 132 cm³/mol. The van der Waals surface area contributed by atoms with Crippen LogP contribution in [0.25, 0.3) is 0 Å². The van der Waals surface area contributed by atoms with Crippen molar-refractivity contribution in [1.29, 1.82) is 0 Å². The van der Waals surface area contributed by atoms with Gasteiger partial charge in [-0.15, -0.1) is 0 Å². The highest BCUT2D eigenvalue weighted by atomic mass is 16.3. The van der Waals surface area contributed by atoms with Crippen molar-refractivity contribution in [2.45, 2.75) is 116 Å². The summed E-state index contributed by atoms with van der Waals surface area (Å²) in [6.45, 7) is 1.69. The van der Waals surface area contributed by atoms with E-state index < -0.39 is 23.1 Å². The summed E-state index contributed by atoms with van der Waals surface area (Å²) in [4.78, 5) is 24.1. The Morgan fingerprint density at radius 1 is 0.781 bits per heavy atom. The average Bonchev–Trinajstić information content (AvgIpc) is 2.76. The number of aliphatic hydroxyl groups excluding tert-OH is 2. The van der Waals surface area contributed by atoms with E-state index in [1.807, 2.05) is 6.08 Å². The van der Waals surface area contributed by atoms with Gasteiger partial charge in [-0.25, -0.2) is 0 Å². The fraction of sp³-hybridized carbons (Fsp3) is 0.846. The minimum Gasteiger partial charge on any atom is -0.396 e. The summed E-state index contributed by atoms with van der Waals surface area (Å²) in [6.07, 6.45) is 22.6. The van der Waals surface area contributed by atoms with Crippen molar-refractivity contribution >= 4 is 11.8 Å². The number of unbranched alkanes of at least 4 members (excludes halogenated alkanes) is 14. The zero-order valence-electron chi connectivity index (χ0n) is 20.5. The molecular formula is C26H50N2O4. The van der Waals surface area contributed by atoms with Gasteiger partial charge in [0.15, 0.2) is 0 Å². The van der Waals surface area contributed by atoms with E-state index in [2.05, 4.69) is 6.92 Å². The monoisotopic (exact) mass is 454 g/mol. The Bertz CT molecular complexity index is 510. The lowest BCUT2D eigenvalue weighted by Crippen LogP contribution is -2.48. The minimum atomic E-state index is -1.35. The number of carbonyl (C=O) groups excluding carboxylic acids is 2. The molecule has 0 heterocycles. The summed E-state index contributed by atoms with van der Waals surface area (Å²) >= 11 is 0. The smallest absolute Gasteiger partial charge is 0.228 e. The molecule has 0 saturated carbocycles. The number of hydrogen-bond donors (Lipinski definition) is 4. The Balaban J connectivity index is 4.11. The number of carbonyl (C=O) groups is 2. The second-order valence-electron chi connectivity index (χ2n) is 9.13. The maximum atomic E-state index is 12.2. The highest BCUT2D eigenvalue weighted by Gasteiger charge is 2.44. The SMILES string of the molecule is CCCCCCCCCCCCCCCCC=CC(CCO)(C(N)=O)C(CCO)C(N)=O. The van der Waals surface area contributed by atoms with Gasteiger partial charge in [-0.2, -0.15) is 0 Å². The Morgan fingerprint density at radius 2 is 1.25 bits per heavy atom. The van der Waals surface area contributed by atoms with Crippen molar-refractivity contribution in [1.82, 2.24) is 0 Å². The van der Waals surface area contributed by atoms with Crippen LogP contribution in [0.5, 0.6) is 0 Å². The zero-order chi connectivity index (χ0) is 24.1. The molecule has 6 nitrogen and oxygen atoms in total. The molecule has 0 bridgehead atoms. The second-order valence-corrected chi connectivity index (χ2v) is 9.13. The van der Waals surface area contributed by atoms with E-state index in [1.165, 1.54) is 77.0 Å². The Labute approximate surface area is 196 Å². The van der Waals surface area contributed by atoms with Crippen LogP contribution in [0.3, 0.4) is 0 Å². The van der Waals surface area contributed by atoms with Gasteiger partial charge in [0.05, 0.1) is 11.3 Å². The topological polar surface area (TPSA) is 127 Å². The van der Waals surface area contributed by atoms with Crippen LogP contribution in [0, 0.1) is 11.3 Å². The Hall–Kier alpha value is -1.40. The van der Waals surface area contributed by atoms with Crippen molar-refractivity contribution in [2.24, 2.45) is 22.8 Å². The Morgan fingerprint density at radius 3 is 1.62 bits per heavy atom. The van der Waals surface area contributed by atoms with Gasteiger partial charge in [0.25, 0.3) is 0 Å². The lowest BCUT2D eigenvalue weighted by molar-refractivity contribution is -0.137. The van der Waals surface area contributed by atoms with Gasteiger partial charge in [0.2, 0.25) is 11.8 Å². The third kappa shape index (κ3) is 13.2. The van der Waals surface area contributed by atoms with Gasteiger partial charge in [0, 0.05) is 13.2 Å². The summed E-state index contributed by atoms with van der Waals surface area (Å²) in [7, 11) is 0. The molecule has 0 saturated heterocycles. The van der Waals surface area contributed by atoms with Crippen LogP contribution in [0.2, 0.25) is 0 Å². The fourth-order valence-electron chi connectivity index (χ4n) is 4.47. The number of aliphatic hydroxyl groups is 2. The molecule has 2 amide bonds. The molecule has 0 aromatic rings. The van der Waals surface area contributed by atoms with Crippen molar-refractivity contribution < 1.29 is 19.8 Å². The molecule has 6 heteroatoms. The summed E-state index contributed by atoms with van der Waals surface area (Å²) in [5.74, 6) is -2.31. The lowest BCUT2D eigenvalue weighted by atomic mass is 9.70. The molecule has 0 aromatic carbocycles. The molecule has 2 atom stereocenters. The van der Waals surface area contributed by atoms with Gasteiger partial charge in [-0.1, -0.05) is 103 Å². The number of rotatable bonds is 23. The number of primary amides is 2. The largest absolute Gasteiger partial charge is 0.396 e. The molecule has 0 aromatic heterocycles. The van der Waals surface area contributed by atoms with Crippen LogP contribution in [0.4, 0.5) is 0 Å². The summed E-state index contributed by atoms with van der Waals surface area (Å²) in [5.41, 5.74) is 9.72. The molecule has 188 valence electrons. The van der Waals surface area contributed by atoms with Crippen LogP contribution >= 0.6 is 0 Å². The van der Waals surface area contributed by atoms with E-state index in [1.54, 1.807) is 6.08 Å². The number of allylic oxidation sites excluding steroid dienone is 1. The number of nitrogens with two attached hydrogens (primary N) is 2. The molecular weight excluding hydrogens is 404 g/mol. The average molecular weight is 455 g/mol. The Kier molecular flexibility index (Phi) is 19.3. The molecule has 6 N–H and O–H groups in total. The summed E-state index contributed by atoms with van der Waals surface area (Å²) in [5, 5.41) is 18.7. The van der Waals surface area contributed by atoms with E-state index in [9.17, 15) is 19.8 Å². The van der Waals surface area contributed by atoms with Gasteiger partial charge >= 0.3 is 0 Å². The van der Waals surface area contributed by atoms with Crippen LogP contribution in [0.15, 0.2) is 12.2 Å². The first-order chi connectivity index (χ1) is 15.5. The molecule has 0 aliphatic rings. The molecule has 0 aliphatic heterocycles. The molecule has 0 spiro atoms. The van der Waals surface area contributed by atoms with E-state index >= 15 is 0 Å².